The van der Waals surface area contributed by atoms with E-state index < -0.39 is 11.8 Å². The van der Waals surface area contributed by atoms with Gasteiger partial charge in [-0.15, -0.1) is 0 Å². The number of pyridine rings is 1. The number of hydrogen-bond donors (Lipinski definition) is 2. The molecular weight excluding hydrogens is 384 g/mol. The number of aromatic nitrogens is 2. The highest BCUT2D eigenvalue weighted by Crippen LogP contribution is 2.16. The molecule has 3 heterocycles. The SMILES string of the molecule is Cc1occc1C(=O)NNC(=O)c1cccc(OCc2cn3cccc(C)c3n2)c1. The lowest BCUT2D eigenvalue weighted by atomic mass is 10.2. The van der Waals surface area contributed by atoms with Crippen molar-refractivity contribution < 1.29 is 18.7 Å². The predicted molar refractivity (Wildman–Crippen MR) is 109 cm³/mol. The number of ether oxygens (including phenoxy) is 1. The summed E-state index contributed by atoms with van der Waals surface area (Å²) in [7, 11) is 0. The lowest BCUT2D eigenvalue weighted by Gasteiger charge is -2.09. The average molecular weight is 404 g/mol. The van der Waals surface area contributed by atoms with Gasteiger partial charge in [-0.05, 0) is 49.7 Å². The number of fused-ring (bicyclic) bond motifs is 1. The molecule has 1 aromatic carbocycles. The first-order valence-electron chi connectivity index (χ1n) is 9.32. The molecule has 0 aliphatic rings. The Morgan fingerprint density at radius 1 is 1.10 bits per heavy atom. The molecule has 0 saturated heterocycles. The van der Waals surface area contributed by atoms with Crippen molar-refractivity contribution in [3.05, 3.63) is 89.3 Å². The zero-order valence-electron chi connectivity index (χ0n) is 16.5. The van der Waals surface area contributed by atoms with Gasteiger partial charge in [-0.25, -0.2) is 4.98 Å². The monoisotopic (exact) mass is 404 g/mol. The van der Waals surface area contributed by atoms with Gasteiger partial charge in [-0.2, -0.15) is 0 Å². The fraction of sp³-hybridized carbons (Fsp3) is 0.136. The molecule has 0 saturated carbocycles. The third-order valence-electron chi connectivity index (χ3n) is 4.60. The molecule has 0 spiro atoms. The molecule has 4 aromatic rings. The van der Waals surface area contributed by atoms with Crippen LogP contribution in [0.5, 0.6) is 5.75 Å². The fourth-order valence-corrected chi connectivity index (χ4v) is 3.03. The summed E-state index contributed by atoms with van der Waals surface area (Å²) in [6.45, 7) is 3.94. The number of rotatable bonds is 5. The zero-order chi connectivity index (χ0) is 21.1. The second-order valence-electron chi connectivity index (χ2n) is 6.77. The van der Waals surface area contributed by atoms with Crippen molar-refractivity contribution in [3.63, 3.8) is 0 Å². The minimum Gasteiger partial charge on any atom is -0.487 e. The number of benzene rings is 1. The second-order valence-corrected chi connectivity index (χ2v) is 6.77. The zero-order valence-corrected chi connectivity index (χ0v) is 16.5. The summed E-state index contributed by atoms with van der Waals surface area (Å²) in [6, 6.07) is 12.2. The molecule has 2 amide bonds. The van der Waals surface area contributed by atoms with E-state index in [2.05, 4.69) is 15.8 Å². The highest BCUT2D eigenvalue weighted by Gasteiger charge is 2.13. The molecule has 0 atom stereocenters. The van der Waals surface area contributed by atoms with E-state index in [1.165, 1.54) is 12.3 Å². The van der Waals surface area contributed by atoms with Crippen LogP contribution >= 0.6 is 0 Å². The smallest absolute Gasteiger partial charge is 0.273 e. The Kier molecular flexibility index (Phi) is 5.21. The molecule has 8 nitrogen and oxygen atoms in total. The van der Waals surface area contributed by atoms with E-state index in [1.54, 1.807) is 31.2 Å². The number of hydrogen-bond acceptors (Lipinski definition) is 5. The number of carbonyl (C=O) groups excluding carboxylic acids is 2. The molecule has 0 bridgehead atoms. The van der Waals surface area contributed by atoms with Crippen LogP contribution < -0.4 is 15.6 Å². The number of carbonyl (C=O) groups is 2. The van der Waals surface area contributed by atoms with E-state index in [0.29, 0.717) is 22.6 Å². The number of aryl methyl sites for hydroxylation is 2. The lowest BCUT2D eigenvalue weighted by molar-refractivity contribution is 0.0845. The third-order valence-corrected chi connectivity index (χ3v) is 4.60. The van der Waals surface area contributed by atoms with Crippen LogP contribution in [0.15, 0.2) is 65.5 Å². The summed E-state index contributed by atoms with van der Waals surface area (Å²) in [4.78, 5) is 29.0. The summed E-state index contributed by atoms with van der Waals surface area (Å²) in [6.07, 6.45) is 5.26. The maximum atomic E-state index is 12.4. The molecule has 0 radical (unpaired) electrons. The van der Waals surface area contributed by atoms with Crippen LogP contribution in [0.4, 0.5) is 0 Å². The Hall–Kier alpha value is -4.07. The predicted octanol–water partition coefficient (Wildman–Crippen LogP) is 3.20. The first-order valence-corrected chi connectivity index (χ1v) is 9.32. The molecule has 2 N–H and O–H groups in total. The van der Waals surface area contributed by atoms with Crippen molar-refractivity contribution in [2.24, 2.45) is 0 Å². The molecule has 0 fully saturated rings. The molecule has 0 aliphatic carbocycles. The molecule has 3 aromatic heterocycles. The topological polar surface area (TPSA) is 97.9 Å². The van der Waals surface area contributed by atoms with Crippen molar-refractivity contribution in [2.45, 2.75) is 20.5 Å². The van der Waals surface area contributed by atoms with E-state index in [1.807, 2.05) is 35.9 Å². The molecule has 0 aliphatic heterocycles. The van der Waals surface area contributed by atoms with Crippen molar-refractivity contribution >= 4 is 17.5 Å². The number of nitrogens with one attached hydrogen (secondary N) is 2. The Labute approximate surface area is 172 Å². The summed E-state index contributed by atoms with van der Waals surface area (Å²) in [5.41, 5.74) is 8.20. The van der Waals surface area contributed by atoms with Gasteiger partial charge in [0.05, 0.1) is 17.5 Å². The highest BCUT2D eigenvalue weighted by molar-refractivity contribution is 5.99. The number of furan rings is 1. The van der Waals surface area contributed by atoms with Gasteiger partial charge < -0.3 is 13.6 Å². The van der Waals surface area contributed by atoms with E-state index >= 15 is 0 Å². The van der Waals surface area contributed by atoms with Crippen molar-refractivity contribution in [1.82, 2.24) is 20.2 Å². The van der Waals surface area contributed by atoms with Gasteiger partial charge in [0.1, 0.15) is 23.8 Å². The van der Waals surface area contributed by atoms with Gasteiger partial charge in [0, 0.05) is 18.0 Å². The summed E-state index contributed by atoms with van der Waals surface area (Å²) < 4.78 is 12.8. The largest absolute Gasteiger partial charge is 0.487 e. The summed E-state index contributed by atoms with van der Waals surface area (Å²) in [5, 5.41) is 0. The number of amides is 2. The standard InChI is InChI=1S/C22H20N4O4/c1-14-5-4-9-26-12-17(23-20(14)26)13-30-18-7-3-6-16(11-18)21(27)24-25-22(28)19-8-10-29-15(19)2/h3-12H,13H2,1-2H3,(H,24,27)(H,25,28). The Balaban J connectivity index is 1.38. The second kappa shape index (κ2) is 8.12. The van der Waals surface area contributed by atoms with Gasteiger partial charge in [0.15, 0.2) is 0 Å². The number of imidazole rings is 1. The van der Waals surface area contributed by atoms with Crippen LogP contribution in [0.2, 0.25) is 0 Å². The quantitative estimate of drug-likeness (QED) is 0.498. The lowest BCUT2D eigenvalue weighted by Crippen LogP contribution is -2.41. The van der Waals surface area contributed by atoms with E-state index in [9.17, 15) is 9.59 Å². The minimum atomic E-state index is -0.460. The molecular formula is C22H20N4O4. The average Bonchev–Trinajstić information content (AvgIpc) is 3.37. The van der Waals surface area contributed by atoms with Gasteiger partial charge in [0.2, 0.25) is 0 Å². The maximum Gasteiger partial charge on any atom is 0.273 e. The maximum absolute atomic E-state index is 12.4. The molecule has 30 heavy (non-hydrogen) atoms. The first kappa shape index (κ1) is 19.3. The van der Waals surface area contributed by atoms with Crippen molar-refractivity contribution in [3.8, 4) is 5.75 Å². The van der Waals surface area contributed by atoms with Gasteiger partial charge in [0.25, 0.3) is 11.8 Å². The minimum absolute atomic E-state index is 0.267. The first-order chi connectivity index (χ1) is 14.5. The van der Waals surface area contributed by atoms with Gasteiger partial charge >= 0.3 is 0 Å². The van der Waals surface area contributed by atoms with Crippen molar-refractivity contribution in [1.29, 1.82) is 0 Å². The van der Waals surface area contributed by atoms with Crippen LogP contribution in [0.3, 0.4) is 0 Å². The van der Waals surface area contributed by atoms with Crippen LogP contribution in [-0.4, -0.2) is 21.2 Å². The van der Waals surface area contributed by atoms with Gasteiger partial charge in [-0.3, -0.25) is 20.4 Å². The van der Waals surface area contributed by atoms with Crippen LogP contribution in [0, 0.1) is 13.8 Å². The number of nitrogens with zero attached hydrogens (tertiary/aromatic N) is 2. The Bertz CT molecular complexity index is 1220. The highest BCUT2D eigenvalue weighted by atomic mass is 16.5. The van der Waals surface area contributed by atoms with Crippen molar-refractivity contribution in [2.75, 3.05) is 0 Å². The Morgan fingerprint density at radius 3 is 2.70 bits per heavy atom. The normalized spacial score (nSPS) is 10.7. The van der Waals surface area contributed by atoms with Crippen LogP contribution in [0.1, 0.15) is 37.7 Å². The summed E-state index contributed by atoms with van der Waals surface area (Å²) in [5.74, 6) is 0.0789. The van der Waals surface area contributed by atoms with Crippen LogP contribution in [0.25, 0.3) is 5.65 Å². The Morgan fingerprint density at radius 2 is 1.93 bits per heavy atom. The molecule has 152 valence electrons. The molecule has 0 unspecified atom stereocenters. The van der Waals surface area contributed by atoms with E-state index in [-0.39, 0.29) is 6.61 Å². The number of hydrazine groups is 1. The fourth-order valence-electron chi connectivity index (χ4n) is 3.03. The molecule has 4 rings (SSSR count). The third kappa shape index (κ3) is 4.02. The van der Waals surface area contributed by atoms with Crippen LogP contribution in [-0.2, 0) is 6.61 Å². The summed E-state index contributed by atoms with van der Waals surface area (Å²) >= 11 is 0. The van der Waals surface area contributed by atoms with E-state index in [4.69, 9.17) is 9.15 Å². The van der Waals surface area contributed by atoms with E-state index in [0.717, 1.165) is 16.9 Å². The van der Waals surface area contributed by atoms with Gasteiger partial charge in [-0.1, -0.05) is 12.1 Å². The molecule has 8 heteroatoms.